The first-order valence-electron chi connectivity index (χ1n) is 8.35. The number of aromatic nitrogens is 2. The van der Waals surface area contributed by atoms with Crippen molar-refractivity contribution in [2.75, 3.05) is 31.1 Å². The summed E-state index contributed by atoms with van der Waals surface area (Å²) in [6.07, 6.45) is 3.14. The van der Waals surface area contributed by atoms with Gasteiger partial charge in [-0.3, -0.25) is 4.79 Å². The monoisotopic (exact) mass is 361 g/mol. The van der Waals surface area contributed by atoms with Crippen molar-refractivity contribution in [3.8, 4) is 0 Å². The van der Waals surface area contributed by atoms with Gasteiger partial charge >= 0.3 is 0 Å². The Morgan fingerprint density at radius 1 is 1.08 bits per heavy atom. The van der Waals surface area contributed by atoms with Crippen molar-refractivity contribution >= 4 is 24.1 Å². The molecule has 6 nitrogen and oxygen atoms in total. The molecule has 0 spiro atoms. The predicted octanol–water partition coefficient (Wildman–Crippen LogP) is 1.51. The Morgan fingerprint density at radius 2 is 1.88 bits per heavy atom. The molecule has 1 fully saturated rings. The molecule has 0 bridgehead atoms. The lowest BCUT2D eigenvalue weighted by atomic mass is 10.1. The Balaban J connectivity index is 0.00000225. The minimum Gasteiger partial charge on any atom is -0.353 e. The molecule has 7 heteroatoms. The van der Waals surface area contributed by atoms with Gasteiger partial charge in [0.05, 0.1) is 6.04 Å². The lowest BCUT2D eigenvalue weighted by Crippen LogP contribution is -2.46. The van der Waals surface area contributed by atoms with Gasteiger partial charge < -0.3 is 15.5 Å². The minimum atomic E-state index is -0.490. The van der Waals surface area contributed by atoms with Gasteiger partial charge in [-0.25, -0.2) is 0 Å². The molecule has 0 aliphatic carbocycles. The number of nitrogens with two attached hydrogens (primary N) is 1. The molecule has 1 aliphatic rings. The van der Waals surface area contributed by atoms with E-state index in [1.165, 1.54) is 0 Å². The van der Waals surface area contributed by atoms with Gasteiger partial charge in [0.25, 0.3) is 0 Å². The SMILES string of the molecule is Cl.NC(Cc1ccccc1)C(=O)N1CCCN(c2cccnn2)CC1. The second-order valence-corrected chi connectivity index (χ2v) is 6.04. The molecular formula is C18H24ClN5O. The third-order valence-corrected chi connectivity index (χ3v) is 4.31. The number of hydrogen-bond donors (Lipinski definition) is 1. The Labute approximate surface area is 154 Å². The van der Waals surface area contributed by atoms with Gasteiger partial charge in [0.1, 0.15) is 0 Å². The van der Waals surface area contributed by atoms with Crippen molar-refractivity contribution in [1.29, 1.82) is 0 Å². The van der Waals surface area contributed by atoms with Gasteiger partial charge in [0, 0.05) is 32.4 Å². The number of carbonyl (C=O) groups is 1. The summed E-state index contributed by atoms with van der Waals surface area (Å²) >= 11 is 0. The van der Waals surface area contributed by atoms with E-state index >= 15 is 0 Å². The van der Waals surface area contributed by atoms with E-state index in [0.717, 1.165) is 37.4 Å². The number of hydrogen-bond acceptors (Lipinski definition) is 5. The summed E-state index contributed by atoms with van der Waals surface area (Å²) in [6, 6.07) is 13.3. The Kier molecular flexibility index (Phi) is 7.16. The Morgan fingerprint density at radius 3 is 2.60 bits per heavy atom. The van der Waals surface area contributed by atoms with E-state index in [1.807, 2.05) is 47.4 Å². The minimum absolute atomic E-state index is 0. The van der Waals surface area contributed by atoms with Crippen LogP contribution in [0.3, 0.4) is 0 Å². The van der Waals surface area contributed by atoms with Crippen LogP contribution in [0.4, 0.5) is 5.82 Å². The summed E-state index contributed by atoms with van der Waals surface area (Å²) in [5.41, 5.74) is 7.24. The largest absolute Gasteiger partial charge is 0.353 e. The molecule has 1 amide bonds. The fourth-order valence-electron chi connectivity index (χ4n) is 3.02. The normalized spacial score (nSPS) is 15.9. The summed E-state index contributed by atoms with van der Waals surface area (Å²) in [6.45, 7) is 3.02. The van der Waals surface area contributed by atoms with Crippen LogP contribution in [-0.4, -0.2) is 53.2 Å². The third kappa shape index (κ3) is 5.14. The van der Waals surface area contributed by atoms with E-state index in [2.05, 4.69) is 15.1 Å². The summed E-state index contributed by atoms with van der Waals surface area (Å²) in [7, 11) is 0. The zero-order chi connectivity index (χ0) is 16.8. The first kappa shape index (κ1) is 19.1. The Hall–Kier alpha value is -2.18. The number of rotatable bonds is 4. The molecule has 2 aromatic rings. The van der Waals surface area contributed by atoms with Gasteiger partial charge in [-0.1, -0.05) is 30.3 Å². The molecule has 1 aromatic heterocycles. The molecule has 0 radical (unpaired) electrons. The zero-order valence-electron chi connectivity index (χ0n) is 14.1. The topological polar surface area (TPSA) is 75.4 Å². The van der Waals surface area contributed by atoms with Crippen molar-refractivity contribution in [3.63, 3.8) is 0 Å². The highest BCUT2D eigenvalue weighted by Gasteiger charge is 2.24. The van der Waals surface area contributed by atoms with E-state index in [4.69, 9.17) is 5.73 Å². The number of halogens is 1. The molecule has 1 aromatic carbocycles. The maximum absolute atomic E-state index is 12.7. The van der Waals surface area contributed by atoms with E-state index in [-0.39, 0.29) is 18.3 Å². The highest BCUT2D eigenvalue weighted by molar-refractivity contribution is 5.85. The van der Waals surface area contributed by atoms with E-state index in [9.17, 15) is 4.79 Å². The predicted molar refractivity (Wildman–Crippen MR) is 101 cm³/mol. The fraction of sp³-hybridized carbons (Fsp3) is 0.389. The van der Waals surface area contributed by atoms with E-state index in [1.54, 1.807) is 6.20 Å². The molecular weight excluding hydrogens is 338 g/mol. The standard InChI is InChI=1S/C18H23N5O.ClH/c19-16(14-15-6-2-1-3-7-15)18(24)23-11-5-10-22(12-13-23)17-8-4-9-20-21-17;/h1-4,6-9,16H,5,10-14,19H2;1H. The first-order chi connectivity index (χ1) is 11.7. The lowest BCUT2D eigenvalue weighted by molar-refractivity contribution is -0.132. The van der Waals surface area contributed by atoms with Crippen molar-refractivity contribution in [2.24, 2.45) is 5.73 Å². The van der Waals surface area contributed by atoms with Crippen molar-refractivity contribution in [2.45, 2.75) is 18.9 Å². The molecule has 1 aliphatic heterocycles. The average Bonchev–Trinajstić information content (AvgIpc) is 2.89. The zero-order valence-corrected chi connectivity index (χ0v) is 14.9. The maximum Gasteiger partial charge on any atom is 0.239 e. The van der Waals surface area contributed by atoms with Crippen molar-refractivity contribution in [3.05, 3.63) is 54.2 Å². The number of anilines is 1. The fourth-order valence-corrected chi connectivity index (χ4v) is 3.02. The van der Waals surface area contributed by atoms with Gasteiger partial charge in [-0.2, -0.15) is 5.10 Å². The maximum atomic E-state index is 12.7. The first-order valence-corrected chi connectivity index (χ1v) is 8.35. The molecule has 25 heavy (non-hydrogen) atoms. The van der Waals surface area contributed by atoms with Gasteiger partial charge in [-0.15, -0.1) is 17.5 Å². The highest BCUT2D eigenvalue weighted by atomic mass is 35.5. The summed E-state index contributed by atoms with van der Waals surface area (Å²) < 4.78 is 0. The quantitative estimate of drug-likeness (QED) is 0.893. The molecule has 2 N–H and O–H groups in total. The van der Waals surface area contributed by atoms with E-state index < -0.39 is 6.04 Å². The number of nitrogens with zero attached hydrogens (tertiary/aromatic N) is 4. The summed E-state index contributed by atoms with van der Waals surface area (Å²) in [5.74, 6) is 0.889. The molecule has 0 saturated carbocycles. The van der Waals surface area contributed by atoms with E-state index in [0.29, 0.717) is 13.0 Å². The van der Waals surface area contributed by atoms with Crippen molar-refractivity contribution in [1.82, 2.24) is 15.1 Å². The van der Waals surface area contributed by atoms with Crippen LogP contribution in [0, 0.1) is 0 Å². The summed E-state index contributed by atoms with van der Waals surface area (Å²) in [5, 5.41) is 8.08. The molecule has 2 heterocycles. The molecule has 3 rings (SSSR count). The highest BCUT2D eigenvalue weighted by Crippen LogP contribution is 2.13. The lowest BCUT2D eigenvalue weighted by Gasteiger charge is -2.25. The van der Waals surface area contributed by atoms with Gasteiger partial charge in [-0.05, 0) is 30.5 Å². The second-order valence-electron chi connectivity index (χ2n) is 6.04. The van der Waals surface area contributed by atoms with Crippen LogP contribution in [-0.2, 0) is 11.2 Å². The second kappa shape index (κ2) is 9.34. The summed E-state index contributed by atoms with van der Waals surface area (Å²) in [4.78, 5) is 16.7. The van der Waals surface area contributed by atoms with Crippen LogP contribution >= 0.6 is 12.4 Å². The average molecular weight is 362 g/mol. The molecule has 134 valence electrons. The number of carbonyl (C=O) groups excluding carboxylic acids is 1. The third-order valence-electron chi connectivity index (χ3n) is 4.31. The van der Waals surface area contributed by atoms with Crippen LogP contribution in [0.25, 0.3) is 0 Å². The van der Waals surface area contributed by atoms with Crippen molar-refractivity contribution < 1.29 is 4.79 Å². The van der Waals surface area contributed by atoms with Crippen LogP contribution in [0.15, 0.2) is 48.7 Å². The van der Waals surface area contributed by atoms with Crippen LogP contribution in [0.1, 0.15) is 12.0 Å². The molecule has 1 unspecified atom stereocenters. The smallest absolute Gasteiger partial charge is 0.239 e. The molecule has 1 atom stereocenters. The number of benzene rings is 1. The van der Waals surface area contributed by atoms with Crippen LogP contribution in [0.2, 0.25) is 0 Å². The Bertz CT molecular complexity index is 655. The van der Waals surface area contributed by atoms with Gasteiger partial charge in [0.2, 0.25) is 5.91 Å². The number of amides is 1. The van der Waals surface area contributed by atoms with Gasteiger partial charge in [0.15, 0.2) is 5.82 Å². The van der Waals surface area contributed by atoms with Crippen LogP contribution < -0.4 is 10.6 Å². The molecule has 1 saturated heterocycles. The van der Waals surface area contributed by atoms with Crippen LogP contribution in [0.5, 0.6) is 0 Å².